The van der Waals surface area contributed by atoms with Crippen LogP contribution in [0.25, 0.3) is 11.1 Å². The van der Waals surface area contributed by atoms with E-state index < -0.39 is 0 Å². The first-order valence-corrected chi connectivity index (χ1v) is 6.64. The number of hydrogen-bond donors (Lipinski definition) is 1. The van der Waals surface area contributed by atoms with Crippen molar-refractivity contribution in [2.75, 3.05) is 0 Å². The second kappa shape index (κ2) is 5.85. The summed E-state index contributed by atoms with van der Waals surface area (Å²) in [7, 11) is 0. The highest BCUT2D eigenvalue weighted by Crippen LogP contribution is 2.23. The maximum atomic E-state index is 5.62. The number of ether oxygens (including phenoxy) is 1. The molecule has 0 spiro atoms. The Hall–Kier alpha value is -1.87. The summed E-state index contributed by atoms with van der Waals surface area (Å²) < 4.78 is 5.62. The van der Waals surface area contributed by atoms with E-state index >= 15 is 0 Å². The van der Waals surface area contributed by atoms with Crippen molar-refractivity contribution in [3.05, 3.63) is 54.1 Å². The number of thiocarbonyl (C=S) groups is 1. The molecule has 0 radical (unpaired) electrons. The van der Waals surface area contributed by atoms with Gasteiger partial charge < -0.3 is 10.5 Å². The fraction of sp³-hybridized carbons (Fsp3) is 0.188. The lowest BCUT2D eigenvalue weighted by molar-refractivity contribution is 0.242. The standard InChI is InChI=1S/C16H17NOS/c1-11(2)18-15-9-7-13(8-10-15)12-3-5-14(6-4-12)16(17)19/h3-11H,1-2H3,(H2,17,19). The van der Waals surface area contributed by atoms with Crippen molar-refractivity contribution < 1.29 is 4.74 Å². The van der Waals surface area contributed by atoms with E-state index in [-0.39, 0.29) is 6.10 Å². The number of nitrogens with two attached hydrogens (primary N) is 1. The summed E-state index contributed by atoms with van der Waals surface area (Å²) in [4.78, 5) is 0.423. The van der Waals surface area contributed by atoms with E-state index in [1.807, 2.05) is 62.4 Å². The molecule has 0 saturated carbocycles. The number of hydrogen-bond acceptors (Lipinski definition) is 2. The minimum atomic E-state index is 0.190. The Bertz CT molecular complexity index is 558. The van der Waals surface area contributed by atoms with Gasteiger partial charge in [-0.15, -0.1) is 0 Å². The fourth-order valence-electron chi connectivity index (χ4n) is 1.83. The van der Waals surface area contributed by atoms with Crippen LogP contribution in [0.15, 0.2) is 48.5 Å². The van der Waals surface area contributed by atoms with Crippen molar-refractivity contribution in [3.8, 4) is 16.9 Å². The lowest BCUT2D eigenvalue weighted by atomic mass is 10.0. The quantitative estimate of drug-likeness (QED) is 0.860. The summed E-state index contributed by atoms with van der Waals surface area (Å²) >= 11 is 4.94. The Morgan fingerprint density at radius 3 is 1.84 bits per heavy atom. The van der Waals surface area contributed by atoms with Gasteiger partial charge in [-0.25, -0.2) is 0 Å². The highest BCUT2D eigenvalue weighted by molar-refractivity contribution is 7.80. The molecule has 19 heavy (non-hydrogen) atoms. The highest BCUT2D eigenvalue weighted by Gasteiger charge is 2.01. The first-order chi connectivity index (χ1) is 9.06. The average molecular weight is 271 g/mol. The van der Waals surface area contributed by atoms with Gasteiger partial charge in [0, 0.05) is 5.56 Å². The van der Waals surface area contributed by atoms with E-state index in [1.54, 1.807) is 0 Å². The Morgan fingerprint density at radius 2 is 1.42 bits per heavy atom. The monoisotopic (exact) mass is 271 g/mol. The second-order valence-electron chi connectivity index (χ2n) is 4.63. The van der Waals surface area contributed by atoms with Gasteiger partial charge in [-0.2, -0.15) is 0 Å². The first-order valence-electron chi connectivity index (χ1n) is 6.23. The molecule has 0 fully saturated rings. The summed E-state index contributed by atoms with van der Waals surface area (Å²) in [6.07, 6.45) is 0.190. The molecule has 0 aliphatic rings. The molecule has 2 aromatic carbocycles. The molecule has 2 N–H and O–H groups in total. The molecular formula is C16H17NOS. The van der Waals surface area contributed by atoms with Crippen LogP contribution >= 0.6 is 12.2 Å². The van der Waals surface area contributed by atoms with Crippen molar-refractivity contribution in [1.29, 1.82) is 0 Å². The van der Waals surface area contributed by atoms with Gasteiger partial charge in [0.1, 0.15) is 10.7 Å². The Morgan fingerprint density at radius 1 is 0.947 bits per heavy atom. The van der Waals surface area contributed by atoms with E-state index in [2.05, 4.69) is 0 Å². The molecule has 98 valence electrons. The van der Waals surface area contributed by atoms with Crippen molar-refractivity contribution in [2.45, 2.75) is 20.0 Å². The average Bonchev–Trinajstić information content (AvgIpc) is 2.39. The van der Waals surface area contributed by atoms with Gasteiger partial charge in [0.25, 0.3) is 0 Å². The number of benzene rings is 2. The predicted octanol–water partition coefficient (Wildman–Crippen LogP) is 3.78. The zero-order valence-electron chi connectivity index (χ0n) is 11.1. The molecule has 3 heteroatoms. The van der Waals surface area contributed by atoms with Crippen molar-refractivity contribution in [2.24, 2.45) is 5.73 Å². The smallest absolute Gasteiger partial charge is 0.119 e. The van der Waals surface area contributed by atoms with E-state index in [4.69, 9.17) is 22.7 Å². The molecule has 0 aromatic heterocycles. The van der Waals surface area contributed by atoms with Crippen LogP contribution in [-0.2, 0) is 0 Å². The molecule has 0 bridgehead atoms. The van der Waals surface area contributed by atoms with Crippen LogP contribution in [0.3, 0.4) is 0 Å². The third-order valence-electron chi connectivity index (χ3n) is 2.73. The maximum absolute atomic E-state index is 5.62. The minimum absolute atomic E-state index is 0.190. The van der Waals surface area contributed by atoms with Crippen LogP contribution in [0.2, 0.25) is 0 Å². The Balaban J connectivity index is 2.19. The van der Waals surface area contributed by atoms with Crippen LogP contribution in [0, 0.1) is 0 Å². The van der Waals surface area contributed by atoms with E-state index in [9.17, 15) is 0 Å². The lowest BCUT2D eigenvalue weighted by Crippen LogP contribution is -2.08. The van der Waals surface area contributed by atoms with Crippen LogP contribution in [-0.4, -0.2) is 11.1 Å². The third-order valence-corrected chi connectivity index (χ3v) is 2.96. The zero-order chi connectivity index (χ0) is 13.8. The summed E-state index contributed by atoms with van der Waals surface area (Å²) in [6.45, 7) is 4.03. The third kappa shape index (κ3) is 3.55. The first kappa shape index (κ1) is 13.6. The maximum Gasteiger partial charge on any atom is 0.119 e. The summed E-state index contributed by atoms with van der Waals surface area (Å²) in [6, 6.07) is 16.0. The molecule has 0 aliphatic carbocycles. The fourth-order valence-corrected chi connectivity index (χ4v) is 1.96. The predicted molar refractivity (Wildman–Crippen MR) is 83.5 cm³/mol. The number of rotatable bonds is 4. The van der Waals surface area contributed by atoms with Crippen molar-refractivity contribution >= 4 is 17.2 Å². The van der Waals surface area contributed by atoms with Gasteiger partial charge in [-0.3, -0.25) is 0 Å². The molecule has 2 rings (SSSR count). The molecular weight excluding hydrogens is 254 g/mol. The summed E-state index contributed by atoms with van der Waals surface area (Å²) in [5, 5.41) is 0. The molecule has 0 heterocycles. The summed E-state index contributed by atoms with van der Waals surface area (Å²) in [5.74, 6) is 0.888. The van der Waals surface area contributed by atoms with Crippen LogP contribution in [0.4, 0.5) is 0 Å². The van der Waals surface area contributed by atoms with E-state index in [1.165, 1.54) is 0 Å². The molecule has 0 saturated heterocycles. The lowest BCUT2D eigenvalue weighted by Gasteiger charge is -2.10. The highest BCUT2D eigenvalue weighted by atomic mass is 32.1. The topological polar surface area (TPSA) is 35.2 Å². The van der Waals surface area contributed by atoms with Crippen LogP contribution < -0.4 is 10.5 Å². The zero-order valence-corrected chi connectivity index (χ0v) is 11.9. The Kier molecular flexibility index (Phi) is 4.17. The van der Waals surface area contributed by atoms with Gasteiger partial charge in [0.2, 0.25) is 0 Å². The molecule has 0 amide bonds. The van der Waals surface area contributed by atoms with Gasteiger partial charge >= 0.3 is 0 Å². The van der Waals surface area contributed by atoms with Gasteiger partial charge in [-0.1, -0.05) is 48.6 Å². The van der Waals surface area contributed by atoms with Crippen LogP contribution in [0.1, 0.15) is 19.4 Å². The van der Waals surface area contributed by atoms with Crippen LogP contribution in [0.5, 0.6) is 5.75 Å². The second-order valence-corrected chi connectivity index (χ2v) is 5.07. The van der Waals surface area contributed by atoms with E-state index in [0.29, 0.717) is 4.99 Å². The minimum Gasteiger partial charge on any atom is -0.491 e. The molecule has 2 aromatic rings. The molecule has 0 aliphatic heterocycles. The van der Waals surface area contributed by atoms with Gasteiger partial charge in [-0.05, 0) is 37.1 Å². The van der Waals surface area contributed by atoms with Gasteiger partial charge in [0.05, 0.1) is 6.10 Å². The normalized spacial score (nSPS) is 10.5. The van der Waals surface area contributed by atoms with Crippen molar-refractivity contribution in [3.63, 3.8) is 0 Å². The van der Waals surface area contributed by atoms with Gasteiger partial charge in [0.15, 0.2) is 0 Å². The molecule has 0 atom stereocenters. The van der Waals surface area contributed by atoms with E-state index in [0.717, 1.165) is 22.4 Å². The van der Waals surface area contributed by atoms with Crippen molar-refractivity contribution in [1.82, 2.24) is 0 Å². The summed E-state index contributed by atoms with van der Waals surface area (Å²) in [5.41, 5.74) is 8.75. The molecule has 2 nitrogen and oxygen atoms in total. The largest absolute Gasteiger partial charge is 0.491 e. The molecule has 0 unspecified atom stereocenters. The Labute approximate surface area is 119 Å². The SMILES string of the molecule is CC(C)Oc1ccc(-c2ccc(C(N)=S)cc2)cc1.